The van der Waals surface area contributed by atoms with Crippen LogP contribution in [-0.4, -0.2) is 24.6 Å². The first-order chi connectivity index (χ1) is 5.26. The molecule has 2 nitrogen and oxygen atoms in total. The Morgan fingerprint density at radius 1 is 1.64 bits per heavy atom. The molecule has 1 atom stereocenters. The Bertz CT molecular complexity index is 115. The summed E-state index contributed by atoms with van der Waals surface area (Å²) in [7, 11) is 1.44. The summed E-state index contributed by atoms with van der Waals surface area (Å²) in [5.41, 5.74) is 0. The van der Waals surface area contributed by atoms with Gasteiger partial charge in [-0.1, -0.05) is 19.8 Å². The molecule has 0 fully saturated rings. The molecule has 0 rings (SSSR count). The molecule has 0 amide bonds. The lowest BCUT2D eigenvalue weighted by atomic mass is 10.2. The average Bonchev–Trinajstić information content (AvgIpc) is 2.05. The fraction of sp³-hybridized carbons (Fsp3) is 0.875. The van der Waals surface area contributed by atoms with Crippen LogP contribution in [0, 0.1) is 0 Å². The number of rotatable bonds is 5. The van der Waals surface area contributed by atoms with E-state index in [1.54, 1.807) is 11.8 Å². The number of carbonyl (C=O) groups excluding carboxylic acids is 1. The number of hydrogen-bond donors (Lipinski definition) is 0. The Morgan fingerprint density at radius 3 is 2.64 bits per heavy atom. The summed E-state index contributed by atoms with van der Waals surface area (Å²) in [5.74, 6) is -0.0917. The van der Waals surface area contributed by atoms with Crippen molar-refractivity contribution in [1.82, 2.24) is 0 Å². The molecular weight excluding hydrogens is 160 g/mol. The maximum absolute atomic E-state index is 11.0. The minimum atomic E-state index is -0.0917. The van der Waals surface area contributed by atoms with Gasteiger partial charge in [-0.05, 0) is 12.7 Å². The lowest BCUT2D eigenvalue weighted by molar-refractivity contribution is -0.140. The maximum atomic E-state index is 11.0. The zero-order valence-electron chi connectivity index (χ0n) is 7.42. The number of ether oxygens (including phenoxy) is 1. The van der Waals surface area contributed by atoms with Gasteiger partial charge in [0.2, 0.25) is 0 Å². The summed E-state index contributed by atoms with van der Waals surface area (Å²) in [5, 5.41) is 0.0416. The molecule has 1 unspecified atom stereocenters. The highest BCUT2D eigenvalue weighted by Gasteiger charge is 2.15. The van der Waals surface area contributed by atoms with Crippen molar-refractivity contribution in [2.24, 2.45) is 0 Å². The van der Waals surface area contributed by atoms with Crippen LogP contribution in [0.2, 0.25) is 0 Å². The third-order valence-electron chi connectivity index (χ3n) is 1.57. The molecule has 0 saturated carbocycles. The number of hydrogen-bond acceptors (Lipinski definition) is 3. The van der Waals surface area contributed by atoms with Crippen LogP contribution in [0.4, 0.5) is 0 Å². The molecule has 0 aromatic rings. The third kappa shape index (κ3) is 4.30. The van der Waals surface area contributed by atoms with Crippen molar-refractivity contribution < 1.29 is 9.53 Å². The van der Waals surface area contributed by atoms with Crippen LogP contribution in [0.1, 0.15) is 26.2 Å². The van der Waals surface area contributed by atoms with Crippen LogP contribution in [0.25, 0.3) is 0 Å². The fourth-order valence-electron chi connectivity index (χ4n) is 0.853. The Labute approximate surface area is 72.7 Å². The summed E-state index contributed by atoms with van der Waals surface area (Å²) < 4.78 is 4.64. The highest BCUT2D eigenvalue weighted by Crippen LogP contribution is 2.15. The van der Waals surface area contributed by atoms with Gasteiger partial charge in [-0.25, -0.2) is 0 Å². The first-order valence-electron chi connectivity index (χ1n) is 3.86. The molecule has 0 spiro atoms. The molecule has 0 aromatic heterocycles. The molecule has 11 heavy (non-hydrogen) atoms. The lowest BCUT2D eigenvalue weighted by Crippen LogP contribution is -2.18. The van der Waals surface area contributed by atoms with Crippen molar-refractivity contribution in [3.8, 4) is 0 Å². The summed E-state index contributed by atoms with van der Waals surface area (Å²) >= 11 is 1.57. The van der Waals surface area contributed by atoms with Gasteiger partial charge < -0.3 is 4.74 Å². The van der Waals surface area contributed by atoms with E-state index in [1.165, 1.54) is 7.11 Å². The fourth-order valence-corrected chi connectivity index (χ4v) is 1.54. The van der Waals surface area contributed by atoms with Gasteiger partial charge in [0.15, 0.2) is 0 Å². The second-order valence-electron chi connectivity index (χ2n) is 2.39. The van der Waals surface area contributed by atoms with E-state index in [1.807, 2.05) is 6.26 Å². The van der Waals surface area contributed by atoms with E-state index >= 15 is 0 Å². The normalized spacial score (nSPS) is 12.6. The van der Waals surface area contributed by atoms with Crippen molar-refractivity contribution in [3.63, 3.8) is 0 Å². The molecule has 0 aliphatic rings. The Morgan fingerprint density at radius 2 is 2.27 bits per heavy atom. The van der Waals surface area contributed by atoms with Crippen molar-refractivity contribution in [1.29, 1.82) is 0 Å². The van der Waals surface area contributed by atoms with Gasteiger partial charge in [0, 0.05) is 0 Å². The van der Waals surface area contributed by atoms with E-state index in [0.717, 1.165) is 19.3 Å². The minimum Gasteiger partial charge on any atom is -0.468 e. The molecule has 3 heteroatoms. The van der Waals surface area contributed by atoms with E-state index in [2.05, 4.69) is 11.7 Å². The van der Waals surface area contributed by atoms with Gasteiger partial charge >= 0.3 is 5.97 Å². The molecule has 0 aliphatic carbocycles. The van der Waals surface area contributed by atoms with Crippen molar-refractivity contribution in [2.75, 3.05) is 13.4 Å². The average molecular weight is 176 g/mol. The van der Waals surface area contributed by atoms with Crippen LogP contribution in [-0.2, 0) is 9.53 Å². The predicted molar refractivity (Wildman–Crippen MR) is 48.8 cm³/mol. The monoisotopic (exact) mass is 176 g/mol. The molecule has 66 valence electrons. The number of thioether (sulfide) groups is 1. The van der Waals surface area contributed by atoms with Crippen molar-refractivity contribution in [2.45, 2.75) is 31.4 Å². The minimum absolute atomic E-state index is 0.0416. The maximum Gasteiger partial charge on any atom is 0.318 e. The Kier molecular flexibility index (Phi) is 6.42. The van der Waals surface area contributed by atoms with Crippen LogP contribution >= 0.6 is 11.8 Å². The van der Waals surface area contributed by atoms with Gasteiger partial charge in [-0.15, -0.1) is 0 Å². The SMILES string of the molecule is CCCCC(SC)C(=O)OC. The summed E-state index contributed by atoms with van der Waals surface area (Å²) in [6.07, 6.45) is 5.11. The summed E-state index contributed by atoms with van der Waals surface area (Å²) in [6, 6.07) is 0. The largest absolute Gasteiger partial charge is 0.468 e. The van der Waals surface area contributed by atoms with Crippen LogP contribution < -0.4 is 0 Å². The van der Waals surface area contributed by atoms with Gasteiger partial charge in [0.05, 0.1) is 7.11 Å². The number of esters is 1. The molecule has 0 aliphatic heterocycles. The Hall–Kier alpha value is -0.180. The first-order valence-corrected chi connectivity index (χ1v) is 5.15. The van der Waals surface area contributed by atoms with E-state index < -0.39 is 0 Å². The zero-order valence-corrected chi connectivity index (χ0v) is 8.24. The lowest BCUT2D eigenvalue weighted by Gasteiger charge is -2.10. The second kappa shape index (κ2) is 6.53. The van der Waals surface area contributed by atoms with E-state index in [-0.39, 0.29) is 11.2 Å². The highest BCUT2D eigenvalue weighted by atomic mass is 32.2. The Balaban J connectivity index is 3.65. The standard InChI is InChI=1S/C8H16O2S/c1-4-5-6-7(11-3)8(9)10-2/h7H,4-6H2,1-3H3. The van der Waals surface area contributed by atoms with Gasteiger partial charge in [-0.3, -0.25) is 4.79 Å². The van der Waals surface area contributed by atoms with Crippen molar-refractivity contribution >= 4 is 17.7 Å². The molecule has 0 bridgehead atoms. The van der Waals surface area contributed by atoms with Gasteiger partial charge in [-0.2, -0.15) is 11.8 Å². The molecule has 0 N–H and O–H groups in total. The van der Waals surface area contributed by atoms with Crippen LogP contribution in [0.15, 0.2) is 0 Å². The molecule has 0 saturated heterocycles. The van der Waals surface area contributed by atoms with Crippen molar-refractivity contribution in [3.05, 3.63) is 0 Å². The smallest absolute Gasteiger partial charge is 0.318 e. The van der Waals surface area contributed by atoms with Gasteiger partial charge in [0.25, 0.3) is 0 Å². The topological polar surface area (TPSA) is 26.3 Å². The molecule has 0 heterocycles. The van der Waals surface area contributed by atoms with E-state index in [0.29, 0.717) is 0 Å². The quantitative estimate of drug-likeness (QED) is 0.600. The van der Waals surface area contributed by atoms with Crippen LogP contribution in [0.3, 0.4) is 0 Å². The molecule has 0 aromatic carbocycles. The van der Waals surface area contributed by atoms with E-state index in [9.17, 15) is 4.79 Å². The first kappa shape index (κ1) is 10.8. The molecule has 0 radical (unpaired) electrons. The number of carbonyl (C=O) groups is 1. The zero-order chi connectivity index (χ0) is 8.69. The molecular formula is C8H16O2S. The summed E-state index contributed by atoms with van der Waals surface area (Å²) in [6.45, 7) is 2.12. The predicted octanol–water partition coefficient (Wildman–Crippen LogP) is 2.08. The highest BCUT2D eigenvalue weighted by molar-refractivity contribution is 7.99. The number of unbranched alkanes of at least 4 members (excludes halogenated alkanes) is 1. The third-order valence-corrected chi connectivity index (χ3v) is 2.57. The van der Waals surface area contributed by atoms with E-state index in [4.69, 9.17) is 0 Å². The van der Waals surface area contributed by atoms with Gasteiger partial charge in [0.1, 0.15) is 5.25 Å². The number of methoxy groups -OCH3 is 1. The van der Waals surface area contributed by atoms with Crippen LogP contribution in [0.5, 0.6) is 0 Å². The second-order valence-corrected chi connectivity index (χ2v) is 3.43. The summed E-state index contributed by atoms with van der Waals surface area (Å²) in [4.78, 5) is 11.0.